The SMILES string of the molecule is CC(C)OCCCCCC=Cc1ccc2c(c1)OCO2. The summed E-state index contributed by atoms with van der Waals surface area (Å²) in [5.41, 5.74) is 1.16. The van der Waals surface area contributed by atoms with Crippen molar-refractivity contribution in [2.45, 2.75) is 45.6 Å². The molecule has 1 heterocycles. The Morgan fingerprint density at radius 1 is 1.15 bits per heavy atom. The molecule has 0 N–H and O–H groups in total. The smallest absolute Gasteiger partial charge is 0.231 e. The molecule has 3 heteroatoms. The standard InChI is InChI=1S/C17H24O3/c1-14(2)18-11-7-5-3-4-6-8-15-9-10-16-17(12-15)20-13-19-16/h6,8-10,12,14H,3-5,7,11,13H2,1-2H3. The van der Waals surface area contributed by atoms with Crippen LogP contribution in [0, 0.1) is 0 Å². The molecule has 110 valence electrons. The summed E-state index contributed by atoms with van der Waals surface area (Å²) in [4.78, 5) is 0. The van der Waals surface area contributed by atoms with Gasteiger partial charge in [-0.25, -0.2) is 0 Å². The van der Waals surface area contributed by atoms with Crippen molar-refractivity contribution < 1.29 is 14.2 Å². The molecule has 20 heavy (non-hydrogen) atoms. The Balaban J connectivity index is 1.62. The van der Waals surface area contributed by atoms with Crippen molar-refractivity contribution in [3.63, 3.8) is 0 Å². The monoisotopic (exact) mass is 276 g/mol. The van der Waals surface area contributed by atoms with E-state index in [0.29, 0.717) is 12.9 Å². The third kappa shape index (κ3) is 4.89. The Hall–Kier alpha value is -1.48. The number of unbranched alkanes of at least 4 members (excludes halogenated alkanes) is 3. The van der Waals surface area contributed by atoms with Crippen LogP contribution < -0.4 is 9.47 Å². The van der Waals surface area contributed by atoms with Gasteiger partial charge in [0.05, 0.1) is 6.10 Å². The minimum atomic E-state index is 0.334. The molecule has 0 spiro atoms. The number of hydrogen-bond donors (Lipinski definition) is 0. The maximum atomic E-state index is 5.52. The van der Waals surface area contributed by atoms with Gasteiger partial charge in [-0.1, -0.05) is 24.6 Å². The minimum Gasteiger partial charge on any atom is -0.454 e. The van der Waals surface area contributed by atoms with Crippen LogP contribution >= 0.6 is 0 Å². The Bertz CT molecular complexity index is 438. The van der Waals surface area contributed by atoms with Crippen molar-refractivity contribution in [1.82, 2.24) is 0 Å². The second kappa shape index (κ2) is 7.95. The van der Waals surface area contributed by atoms with Gasteiger partial charge in [0.25, 0.3) is 0 Å². The number of ether oxygens (including phenoxy) is 3. The highest BCUT2D eigenvalue weighted by Gasteiger charge is 2.11. The first-order valence-corrected chi connectivity index (χ1v) is 7.43. The van der Waals surface area contributed by atoms with Crippen molar-refractivity contribution in [3.05, 3.63) is 29.8 Å². The highest BCUT2D eigenvalue weighted by molar-refractivity contribution is 5.56. The molecule has 0 fully saturated rings. The zero-order chi connectivity index (χ0) is 14.2. The molecule has 0 radical (unpaired) electrons. The van der Waals surface area contributed by atoms with Crippen molar-refractivity contribution >= 4 is 6.08 Å². The molecule has 0 amide bonds. The number of allylic oxidation sites excluding steroid dienone is 1. The van der Waals surface area contributed by atoms with Gasteiger partial charge >= 0.3 is 0 Å². The molecule has 1 aromatic carbocycles. The predicted octanol–water partition coefficient (Wildman–Crippen LogP) is 4.41. The molecule has 0 bridgehead atoms. The largest absolute Gasteiger partial charge is 0.454 e. The van der Waals surface area contributed by atoms with Crippen LogP contribution in [-0.4, -0.2) is 19.5 Å². The topological polar surface area (TPSA) is 27.7 Å². The number of hydrogen-bond acceptors (Lipinski definition) is 3. The van der Waals surface area contributed by atoms with Crippen molar-refractivity contribution in [1.29, 1.82) is 0 Å². The molecule has 0 aliphatic carbocycles. The lowest BCUT2D eigenvalue weighted by Crippen LogP contribution is -2.03. The number of fused-ring (bicyclic) bond motifs is 1. The van der Waals surface area contributed by atoms with Crippen LogP contribution in [0.5, 0.6) is 11.5 Å². The Morgan fingerprint density at radius 2 is 2.00 bits per heavy atom. The molecular weight excluding hydrogens is 252 g/mol. The average Bonchev–Trinajstić information content (AvgIpc) is 2.89. The van der Waals surface area contributed by atoms with E-state index in [-0.39, 0.29) is 0 Å². The molecule has 0 atom stereocenters. The summed E-state index contributed by atoms with van der Waals surface area (Å²) in [5.74, 6) is 1.69. The summed E-state index contributed by atoms with van der Waals surface area (Å²) >= 11 is 0. The maximum absolute atomic E-state index is 5.52. The van der Waals surface area contributed by atoms with E-state index in [1.54, 1.807) is 0 Å². The predicted molar refractivity (Wildman–Crippen MR) is 81.2 cm³/mol. The zero-order valence-corrected chi connectivity index (χ0v) is 12.4. The van der Waals surface area contributed by atoms with Gasteiger partial charge in [-0.3, -0.25) is 0 Å². The van der Waals surface area contributed by atoms with Gasteiger partial charge in [-0.05, 0) is 50.8 Å². The second-order valence-electron chi connectivity index (χ2n) is 5.28. The van der Waals surface area contributed by atoms with Crippen molar-refractivity contribution in [2.75, 3.05) is 13.4 Å². The molecule has 0 saturated carbocycles. The molecule has 2 rings (SSSR count). The van der Waals surface area contributed by atoms with E-state index >= 15 is 0 Å². The van der Waals surface area contributed by atoms with E-state index in [2.05, 4.69) is 32.1 Å². The fourth-order valence-electron chi connectivity index (χ4n) is 2.10. The van der Waals surface area contributed by atoms with Crippen molar-refractivity contribution in [2.24, 2.45) is 0 Å². The Labute approximate surface area is 121 Å². The van der Waals surface area contributed by atoms with Gasteiger partial charge in [0.2, 0.25) is 6.79 Å². The van der Waals surface area contributed by atoms with Crippen LogP contribution in [0.4, 0.5) is 0 Å². The first-order chi connectivity index (χ1) is 9.75. The number of benzene rings is 1. The van der Waals surface area contributed by atoms with E-state index in [0.717, 1.165) is 36.5 Å². The van der Waals surface area contributed by atoms with Crippen molar-refractivity contribution in [3.8, 4) is 11.5 Å². The third-order valence-electron chi connectivity index (χ3n) is 3.17. The van der Waals surface area contributed by atoms with Gasteiger partial charge < -0.3 is 14.2 Å². The lowest BCUT2D eigenvalue weighted by atomic mass is 10.1. The van der Waals surface area contributed by atoms with Crippen LogP contribution in [0.2, 0.25) is 0 Å². The van der Waals surface area contributed by atoms with Crippen LogP contribution in [-0.2, 0) is 4.74 Å². The van der Waals surface area contributed by atoms with E-state index in [1.807, 2.05) is 12.1 Å². The zero-order valence-electron chi connectivity index (χ0n) is 12.4. The molecule has 1 aliphatic heterocycles. The summed E-state index contributed by atoms with van der Waals surface area (Å²) in [6.45, 7) is 5.37. The van der Waals surface area contributed by atoms with Gasteiger partial charge in [-0.15, -0.1) is 0 Å². The fraction of sp³-hybridized carbons (Fsp3) is 0.529. The lowest BCUT2D eigenvalue weighted by Gasteiger charge is -2.06. The first kappa shape index (κ1) is 14.9. The van der Waals surface area contributed by atoms with Crippen LogP contribution in [0.25, 0.3) is 6.08 Å². The van der Waals surface area contributed by atoms with E-state index in [4.69, 9.17) is 14.2 Å². The number of rotatable bonds is 8. The molecule has 0 unspecified atom stereocenters. The van der Waals surface area contributed by atoms with Gasteiger partial charge in [-0.2, -0.15) is 0 Å². The van der Waals surface area contributed by atoms with Gasteiger partial charge in [0, 0.05) is 6.61 Å². The quantitative estimate of drug-likeness (QED) is 0.658. The van der Waals surface area contributed by atoms with Crippen LogP contribution in [0.3, 0.4) is 0 Å². The lowest BCUT2D eigenvalue weighted by molar-refractivity contribution is 0.0758. The highest BCUT2D eigenvalue weighted by atomic mass is 16.7. The highest BCUT2D eigenvalue weighted by Crippen LogP contribution is 2.32. The molecule has 0 saturated heterocycles. The Morgan fingerprint density at radius 3 is 2.85 bits per heavy atom. The third-order valence-corrected chi connectivity index (χ3v) is 3.17. The van der Waals surface area contributed by atoms with E-state index in [9.17, 15) is 0 Å². The summed E-state index contributed by atoms with van der Waals surface area (Å²) in [7, 11) is 0. The molecule has 1 aromatic rings. The summed E-state index contributed by atoms with van der Waals surface area (Å²) < 4.78 is 16.2. The van der Waals surface area contributed by atoms with Crippen LogP contribution in [0.15, 0.2) is 24.3 Å². The Kier molecular flexibility index (Phi) is 5.93. The summed E-state index contributed by atoms with van der Waals surface area (Å²) in [6.07, 6.45) is 9.40. The molecule has 0 aromatic heterocycles. The summed E-state index contributed by atoms with van der Waals surface area (Å²) in [5, 5.41) is 0. The molecular formula is C17H24O3. The van der Waals surface area contributed by atoms with E-state index < -0.39 is 0 Å². The fourth-order valence-corrected chi connectivity index (χ4v) is 2.10. The maximum Gasteiger partial charge on any atom is 0.231 e. The van der Waals surface area contributed by atoms with E-state index in [1.165, 1.54) is 12.8 Å². The van der Waals surface area contributed by atoms with Gasteiger partial charge in [0.15, 0.2) is 11.5 Å². The minimum absolute atomic E-state index is 0.334. The second-order valence-corrected chi connectivity index (χ2v) is 5.28. The molecule has 3 nitrogen and oxygen atoms in total. The first-order valence-electron chi connectivity index (χ1n) is 7.43. The van der Waals surface area contributed by atoms with Crippen LogP contribution in [0.1, 0.15) is 45.1 Å². The summed E-state index contributed by atoms with van der Waals surface area (Å²) in [6, 6.07) is 6.04. The van der Waals surface area contributed by atoms with Gasteiger partial charge in [0.1, 0.15) is 0 Å². The molecule has 1 aliphatic rings. The normalized spacial score (nSPS) is 13.6. The average molecular weight is 276 g/mol.